The van der Waals surface area contributed by atoms with Crippen molar-refractivity contribution in [2.24, 2.45) is 5.41 Å². The molecule has 0 heteroatoms. The zero-order valence-corrected chi connectivity index (χ0v) is 12.6. The predicted molar refractivity (Wildman–Crippen MR) is 87.5 cm³/mol. The van der Waals surface area contributed by atoms with Gasteiger partial charge in [0, 0.05) is 0 Å². The van der Waals surface area contributed by atoms with Gasteiger partial charge in [0.25, 0.3) is 0 Å². The fourth-order valence-electron chi connectivity index (χ4n) is 3.31. The number of hydrogen-bond acceptors (Lipinski definition) is 0. The first-order chi connectivity index (χ1) is 9.58. The minimum absolute atomic E-state index is 0.265. The minimum atomic E-state index is 0.265. The molecule has 0 bridgehead atoms. The molecule has 0 N–H and O–H groups in total. The lowest BCUT2D eigenvalue weighted by Gasteiger charge is -2.23. The van der Waals surface area contributed by atoms with Crippen LogP contribution in [-0.4, -0.2) is 0 Å². The van der Waals surface area contributed by atoms with Gasteiger partial charge in [-0.25, -0.2) is 0 Å². The Morgan fingerprint density at radius 1 is 0.800 bits per heavy atom. The quantitative estimate of drug-likeness (QED) is 0.648. The van der Waals surface area contributed by atoms with Crippen LogP contribution >= 0.6 is 0 Å². The molecule has 0 nitrogen and oxygen atoms in total. The molecule has 102 valence electrons. The molecule has 0 heterocycles. The fourth-order valence-corrected chi connectivity index (χ4v) is 3.31. The van der Waals surface area contributed by atoms with E-state index in [2.05, 4.69) is 75.4 Å². The van der Waals surface area contributed by atoms with Gasteiger partial charge in [-0.15, -0.1) is 0 Å². The maximum absolute atomic E-state index is 2.37. The molecule has 1 aliphatic rings. The Morgan fingerprint density at radius 3 is 2.10 bits per heavy atom. The van der Waals surface area contributed by atoms with Crippen LogP contribution in [-0.2, 0) is 0 Å². The van der Waals surface area contributed by atoms with Gasteiger partial charge in [0.05, 0.1) is 0 Å². The highest BCUT2D eigenvalue weighted by molar-refractivity contribution is 5.95. The van der Waals surface area contributed by atoms with Crippen LogP contribution in [0.4, 0.5) is 0 Å². The van der Waals surface area contributed by atoms with Crippen LogP contribution in [0.2, 0.25) is 0 Å². The Kier molecular flexibility index (Phi) is 3.25. The highest BCUT2D eigenvalue weighted by atomic mass is 14.4. The average Bonchev–Trinajstić information content (AvgIpc) is 2.76. The molecular formula is C20H22. The van der Waals surface area contributed by atoms with Crippen LogP contribution in [0, 0.1) is 12.3 Å². The summed E-state index contributed by atoms with van der Waals surface area (Å²) in [6.45, 7) is 6.89. The number of rotatable bonds is 2. The molecule has 0 unspecified atom stereocenters. The molecule has 0 atom stereocenters. The highest BCUT2D eigenvalue weighted by Crippen LogP contribution is 2.51. The van der Waals surface area contributed by atoms with Crippen molar-refractivity contribution >= 4 is 11.1 Å². The number of hydrogen-bond donors (Lipinski definition) is 0. The second-order valence-corrected chi connectivity index (χ2v) is 6.47. The van der Waals surface area contributed by atoms with Crippen molar-refractivity contribution in [2.45, 2.75) is 33.6 Å². The van der Waals surface area contributed by atoms with E-state index in [-0.39, 0.29) is 5.41 Å². The SMILES string of the molecule is Cc1ccc(C2=C(c3ccccc3)C(C)(C)CC2)cc1. The standard InChI is InChI=1S/C20H22/c1-15-9-11-16(12-10-15)18-13-14-20(2,3)19(18)17-7-5-4-6-8-17/h4-12H,13-14H2,1-3H3. The van der Waals surface area contributed by atoms with E-state index in [1.165, 1.54) is 40.7 Å². The molecule has 0 saturated heterocycles. The molecule has 1 aliphatic carbocycles. The van der Waals surface area contributed by atoms with E-state index in [1.807, 2.05) is 0 Å². The molecule has 0 aromatic heterocycles. The summed E-state index contributed by atoms with van der Waals surface area (Å²) < 4.78 is 0. The van der Waals surface area contributed by atoms with E-state index in [4.69, 9.17) is 0 Å². The number of benzene rings is 2. The molecule has 2 aromatic carbocycles. The lowest BCUT2D eigenvalue weighted by molar-refractivity contribution is 0.487. The zero-order valence-electron chi connectivity index (χ0n) is 12.6. The summed E-state index contributed by atoms with van der Waals surface area (Å²) >= 11 is 0. The zero-order chi connectivity index (χ0) is 14.2. The van der Waals surface area contributed by atoms with Crippen molar-refractivity contribution in [3.63, 3.8) is 0 Å². The molecule has 20 heavy (non-hydrogen) atoms. The fraction of sp³-hybridized carbons (Fsp3) is 0.300. The summed E-state index contributed by atoms with van der Waals surface area (Å²) in [6, 6.07) is 19.9. The van der Waals surface area contributed by atoms with Crippen molar-refractivity contribution in [2.75, 3.05) is 0 Å². The molecule has 0 saturated carbocycles. The van der Waals surface area contributed by atoms with Gasteiger partial charge in [-0.1, -0.05) is 74.0 Å². The third-order valence-corrected chi connectivity index (χ3v) is 4.44. The van der Waals surface area contributed by atoms with E-state index in [1.54, 1.807) is 0 Å². The molecule has 2 aromatic rings. The Bertz CT molecular complexity index is 627. The second kappa shape index (κ2) is 4.94. The van der Waals surface area contributed by atoms with Gasteiger partial charge >= 0.3 is 0 Å². The van der Waals surface area contributed by atoms with Crippen LogP contribution < -0.4 is 0 Å². The van der Waals surface area contributed by atoms with Crippen LogP contribution in [0.15, 0.2) is 54.6 Å². The minimum Gasteiger partial charge on any atom is -0.0622 e. The Balaban J connectivity index is 2.16. The monoisotopic (exact) mass is 262 g/mol. The smallest absolute Gasteiger partial charge is 0.00915 e. The van der Waals surface area contributed by atoms with E-state index in [0.29, 0.717) is 0 Å². The van der Waals surface area contributed by atoms with Crippen LogP contribution in [0.25, 0.3) is 11.1 Å². The van der Waals surface area contributed by atoms with Crippen LogP contribution in [0.3, 0.4) is 0 Å². The van der Waals surface area contributed by atoms with Gasteiger partial charge in [-0.05, 0) is 47.5 Å². The van der Waals surface area contributed by atoms with Gasteiger partial charge in [0.2, 0.25) is 0 Å². The Morgan fingerprint density at radius 2 is 1.45 bits per heavy atom. The lowest BCUT2D eigenvalue weighted by atomic mass is 9.81. The number of allylic oxidation sites excluding steroid dienone is 2. The maximum Gasteiger partial charge on any atom is -0.00915 e. The third-order valence-electron chi connectivity index (χ3n) is 4.44. The van der Waals surface area contributed by atoms with Crippen molar-refractivity contribution in [3.8, 4) is 0 Å². The highest BCUT2D eigenvalue weighted by Gasteiger charge is 2.33. The molecular weight excluding hydrogens is 240 g/mol. The molecule has 0 amide bonds. The van der Waals surface area contributed by atoms with Crippen molar-refractivity contribution in [3.05, 3.63) is 71.3 Å². The van der Waals surface area contributed by atoms with Crippen LogP contribution in [0.5, 0.6) is 0 Å². The summed E-state index contributed by atoms with van der Waals surface area (Å²) in [4.78, 5) is 0. The first kappa shape index (κ1) is 13.2. The van der Waals surface area contributed by atoms with Gasteiger partial charge in [-0.3, -0.25) is 0 Å². The van der Waals surface area contributed by atoms with Gasteiger partial charge in [0.1, 0.15) is 0 Å². The molecule has 0 radical (unpaired) electrons. The summed E-state index contributed by atoms with van der Waals surface area (Å²) in [6.07, 6.45) is 2.42. The average molecular weight is 262 g/mol. The second-order valence-electron chi connectivity index (χ2n) is 6.47. The summed E-state index contributed by atoms with van der Waals surface area (Å²) in [5.41, 5.74) is 7.42. The van der Waals surface area contributed by atoms with Crippen molar-refractivity contribution in [1.29, 1.82) is 0 Å². The van der Waals surface area contributed by atoms with Gasteiger partial charge in [-0.2, -0.15) is 0 Å². The first-order valence-electron chi connectivity index (χ1n) is 7.44. The Labute approximate surface area is 122 Å². The van der Waals surface area contributed by atoms with Crippen LogP contribution in [0.1, 0.15) is 43.4 Å². The van der Waals surface area contributed by atoms with E-state index in [0.717, 1.165) is 0 Å². The van der Waals surface area contributed by atoms with E-state index >= 15 is 0 Å². The third kappa shape index (κ3) is 2.31. The molecule has 0 spiro atoms. The topological polar surface area (TPSA) is 0 Å². The molecule has 3 rings (SSSR count). The van der Waals surface area contributed by atoms with Gasteiger partial charge < -0.3 is 0 Å². The first-order valence-corrected chi connectivity index (χ1v) is 7.44. The molecule has 0 aliphatic heterocycles. The summed E-state index contributed by atoms with van der Waals surface area (Å²) in [5.74, 6) is 0. The van der Waals surface area contributed by atoms with Crippen molar-refractivity contribution in [1.82, 2.24) is 0 Å². The predicted octanol–water partition coefficient (Wildman–Crippen LogP) is 5.73. The lowest BCUT2D eigenvalue weighted by Crippen LogP contribution is -2.09. The Hall–Kier alpha value is -1.82. The largest absolute Gasteiger partial charge is 0.0622 e. The summed E-state index contributed by atoms with van der Waals surface area (Å²) in [7, 11) is 0. The summed E-state index contributed by atoms with van der Waals surface area (Å²) in [5, 5.41) is 0. The van der Waals surface area contributed by atoms with E-state index < -0.39 is 0 Å². The normalized spacial score (nSPS) is 17.6. The molecule has 0 fully saturated rings. The number of aryl methyl sites for hydroxylation is 1. The van der Waals surface area contributed by atoms with E-state index in [9.17, 15) is 0 Å². The maximum atomic E-state index is 2.37. The van der Waals surface area contributed by atoms with Crippen molar-refractivity contribution < 1.29 is 0 Å². The van der Waals surface area contributed by atoms with Gasteiger partial charge in [0.15, 0.2) is 0 Å².